The highest BCUT2D eigenvalue weighted by atomic mass is 32.2. The summed E-state index contributed by atoms with van der Waals surface area (Å²) in [5.74, 6) is -0.480. The Morgan fingerprint density at radius 1 is 1.29 bits per heavy atom. The molecule has 0 radical (unpaired) electrons. The molecule has 1 saturated heterocycles. The smallest absolute Gasteiger partial charge is 0.367 e. The minimum absolute atomic E-state index is 0.0409. The van der Waals surface area contributed by atoms with Gasteiger partial charge in [-0.1, -0.05) is 12.1 Å². The van der Waals surface area contributed by atoms with E-state index in [1.54, 1.807) is 6.92 Å². The Morgan fingerprint density at radius 3 is 2.42 bits per heavy atom. The minimum atomic E-state index is -4.38. The standard InChI is InChI=1S/C15H18F3NO4S/c1-14(6-7-24(21,22)10-14)19-13(20)12-4-2-11(3-5-12)8-23-9-15(16,17)18/h2-5H,6-10H2,1H3,(H,19,20). The second-order valence-corrected chi connectivity index (χ2v) is 8.35. The molecule has 1 amide bonds. The first-order chi connectivity index (χ1) is 11.0. The van der Waals surface area contributed by atoms with Crippen molar-refractivity contribution in [2.75, 3.05) is 18.1 Å². The first-order valence-corrected chi connectivity index (χ1v) is 9.07. The van der Waals surface area contributed by atoms with Gasteiger partial charge in [-0.3, -0.25) is 4.79 Å². The fraction of sp³-hybridized carbons (Fsp3) is 0.533. The number of alkyl halides is 3. The van der Waals surface area contributed by atoms with Gasteiger partial charge in [-0.2, -0.15) is 13.2 Å². The molecule has 1 aromatic carbocycles. The van der Waals surface area contributed by atoms with Crippen LogP contribution in [0.15, 0.2) is 24.3 Å². The zero-order valence-corrected chi connectivity index (χ0v) is 13.8. The van der Waals surface area contributed by atoms with Crippen LogP contribution < -0.4 is 5.32 Å². The van der Waals surface area contributed by atoms with Crippen LogP contribution in [0.2, 0.25) is 0 Å². The normalized spacial score (nSPS) is 23.2. The maximum atomic E-state index is 12.2. The summed E-state index contributed by atoms with van der Waals surface area (Å²) in [6.07, 6.45) is -4.03. The van der Waals surface area contributed by atoms with E-state index in [0.717, 1.165) is 0 Å². The Bertz CT molecular complexity index is 700. The van der Waals surface area contributed by atoms with Gasteiger partial charge in [0.2, 0.25) is 0 Å². The number of hydrogen-bond donors (Lipinski definition) is 1. The Morgan fingerprint density at radius 2 is 1.92 bits per heavy atom. The maximum Gasteiger partial charge on any atom is 0.411 e. The van der Waals surface area contributed by atoms with E-state index in [1.165, 1.54) is 24.3 Å². The number of carbonyl (C=O) groups is 1. The van der Waals surface area contributed by atoms with Crippen molar-refractivity contribution in [3.8, 4) is 0 Å². The lowest BCUT2D eigenvalue weighted by molar-refractivity contribution is -0.176. The molecule has 1 aliphatic rings. The van der Waals surface area contributed by atoms with Crippen LogP contribution in [0.4, 0.5) is 13.2 Å². The molecule has 134 valence electrons. The summed E-state index contributed by atoms with van der Waals surface area (Å²) in [5.41, 5.74) is 0.00951. The summed E-state index contributed by atoms with van der Waals surface area (Å²) in [7, 11) is -3.13. The van der Waals surface area contributed by atoms with E-state index in [0.29, 0.717) is 17.5 Å². The number of sulfone groups is 1. The quantitative estimate of drug-likeness (QED) is 0.867. The van der Waals surface area contributed by atoms with E-state index in [2.05, 4.69) is 10.1 Å². The van der Waals surface area contributed by atoms with Crippen LogP contribution in [0.1, 0.15) is 29.3 Å². The molecule has 0 spiro atoms. The fourth-order valence-electron chi connectivity index (χ4n) is 2.49. The largest absolute Gasteiger partial charge is 0.411 e. The van der Waals surface area contributed by atoms with Gasteiger partial charge < -0.3 is 10.1 Å². The number of benzene rings is 1. The van der Waals surface area contributed by atoms with Crippen molar-refractivity contribution in [1.29, 1.82) is 0 Å². The molecule has 24 heavy (non-hydrogen) atoms. The third-order valence-electron chi connectivity index (χ3n) is 3.67. The van der Waals surface area contributed by atoms with Gasteiger partial charge in [0.15, 0.2) is 9.84 Å². The van der Waals surface area contributed by atoms with E-state index in [1.807, 2.05) is 0 Å². The van der Waals surface area contributed by atoms with Crippen molar-refractivity contribution in [3.63, 3.8) is 0 Å². The molecule has 1 heterocycles. The molecule has 0 aliphatic carbocycles. The number of ether oxygens (including phenoxy) is 1. The van der Waals surface area contributed by atoms with Crippen molar-refractivity contribution >= 4 is 15.7 Å². The van der Waals surface area contributed by atoms with E-state index in [9.17, 15) is 26.4 Å². The third-order valence-corrected chi connectivity index (χ3v) is 5.57. The topological polar surface area (TPSA) is 72.5 Å². The number of halogens is 3. The van der Waals surface area contributed by atoms with Gasteiger partial charge in [0.25, 0.3) is 5.91 Å². The van der Waals surface area contributed by atoms with Crippen LogP contribution in [0.3, 0.4) is 0 Å². The molecular formula is C15H18F3NO4S. The average molecular weight is 365 g/mol. The molecule has 1 aromatic rings. The van der Waals surface area contributed by atoms with Crippen LogP contribution in [0.5, 0.6) is 0 Å². The van der Waals surface area contributed by atoms with Gasteiger partial charge in [-0.25, -0.2) is 8.42 Å². The monoisotopic (exact) mass is 365 g/mol. The van der Waals surface area contributed by atoms with Gasteiger partial charge in [-0.15, -0.1) is 0 Å². The Kier molecular flexibility index (Phi) is 5.24. The molecule has 1 fully saturated rings. The van der Waals surface area contributed by atoms with Crippen molar-refractivity contribution in [1.82, 2.24) is 5.32 Å². The third kappa shape index (κ3) is 5.48. The minimum Gasteiger partial charge on any atom is -0.367 e. The molecular weight excluding hydrogens is 347 g/mol. The number of carbonyl (C=O) groups excluding carboxylic acids is 1. The van der Waals surface area contributed by atoms with Crippen molar-refractivity contribution in [2.24, 2.45) is 0 Å². The van der Waals surface area contributed by atoms with Crippen LogP contribution in [-0.4, -0.2) is 44.2 Å². The lowest BCUT2D eigenvalue weighted by Crippen LogP contribution is -2.46. The summed E-state index contributed by atoms with van der Waals surface area (Å²) in [6.45, 7) is 0.133. The molecule has 2 rings (SSSR count). The first-order valence-electron chi connectivity index (χ1n) is 7.24. The molecule has 1 atom stereocenters. The molecule has 5 nitrogen and oxygen atoms in total. The number of hydrogen-bond acceptors (Lipinski definition) is 4. The van der Waals surface area contributed by atoms with Crippen LogP contribution in [-0.2, 0) is 21.2 Å². The molecule has 1 unspecified atom stereocenters. The van der Waals surface area contributed by atoms with E-state index >= 15 is 0 Å². The first kappa shape index (κ1) is 18.7. The molecule has 1 aliphatic heterocycles. The molecule has 0 saturated carbocycles. The summed E-state index contributed by atoms with van der Waals surface area (Å²) in [4.78, 5) is 12.2. The summed E-state index contributed by atoms with van der Waals surface area (Å²) >= 11 is 0. The van der Waals surface area contributed by atoms with Gasteiger partial charge in [0.05, 0.1) is 23.7 Å². The second kappa shape index (κ2) is 6.72. The van der Waals surface area contributed by atoms with E-state index < -0.39 is 34.1 Å². The van der Waals surface area contributed by atoms with E-state index in [4.69, 9.17) is 0 Å². The highest BCUT2D eigenvalue weighted by Crippen LogP contribution is 2.23. The maximum absolute atomic E-state index is 12.2. The fourth-order valence-corrected chi connectivity index (χ4v) is 4.59. The Balaban J connectivity index is 1.92. The zero-order chi connectivity index (χ0) is 18.0. The van der Waals surface area contributed by atoms with Gasteiger partial charge in [0, 0.05) is 5.56 Å². The molecule has 1 N–H and O–H groups in total. The lowest BCUT2D eigenvalue weighted by atomic mass is 10.0. The number of nitrogens with one attached hydrogen (secondary N) is 1. The Labute approximate surface area is 138 Å². The second-order valence-electron chi connectivity index (χ2n) is 6.16. The average Bonchev–Trinajstić information content (AvgIpc) is 2.71. The highest BCUT2D eigenvalue weighted by Gasteiger charge is 2.39. The predicted molar refractivity (Wildman–Crippen MR) is 81.3 cm³/mol. The predicted octanol–water partition coefficient (Wildman–Crippen LogP) is 2.07. The summed E-state index contributed by atoms with van der Waals surface area (Å²) in [6, 6.07) is 5.93. The van der Waals surface area contributed by atoms with Gasteiger partial charge in [0.1, 0.15) is 6.61 Å². The lowest BCUT2D eigenvalue weighted by Gasteiger charge is -2.23. The Hall–Kier alpha value is -1.61. The van der Waals surface area contributed by atoms with Gasteiger partial charge >= 0.3 is 6.18 Å². The number of rotatable bonds is 5. The van der Waals surface area contributed by atoms with Crippen molar-refractivity contribution in [3.05, 3.63) is 35.4 Å². The molecule has 9 heteroatoms. The molecule has 0 bridgehead atoms. The van der Waals surface area contributed by atoms with Crippen LogP contribution >= 0.6 is 0 Å². The molecule has 0 aromatic heterocycles. The van der Waals surface area contributed by atoms with Crippen molar-refractivity contribution < 1.29 is 31.1 Å². The summed E-state index contributed by atoms with van der Waals surface area (Å²) < 4.78 is 63.6. The van der Waals surface area contributed by atoms with E-state index in [-0.39, 0.29) is 18.1 Å². The summed E-state index contributed by atoms with van der Waals surface area (Å²) in [5, 5.41) is 2.71. The highest BCUT2D eigenvalue weighted by molar-refractivity contribution is 7.91. The van der Waals surface area contributed by atoms with Crippen LogP contribution in [0, 0.1) is 0 Å². The SMILES string of the molecule is CC1(NC(=O)c2ccc(COCC(F)(F)F)cc2)CCS(=O)(=O)C1. The van der Waals surface area contributed by atoms with Crippen molar-refractivity contribution in [2.45, 2.75) is 31.7 Å². The van der Waals surface area contributed by atoms with Gasteiger partial charge in [-0.05, 0) is 31.0 Å². The van der Waals surface area contributed by atoms with Crippen LogP contribution in [0.25, 0.3) is 0 Å². The zero-order valence-electron chi connectivity index (χ0n) is 13.0. The number of amides is 1.